The molecule has 0 aliphatic heterocycles. The minimum atomic E-state index is 0.445. The zero-order valence-corrected chi connectivity index (χ0v) is 9.70. The highest BCUT2D eigenvalue weighted by atomic mass is 16.5. The van der Waals surface area contributed by atoms with Crippen LogP contribution < -0.4 is 11.1 Å². The van der Waals surface area contributed by atoms with Crippen molar-refractivity contribution in [1.29, 1.82) is 0 Å². The van der Waals surface area contributed by atoms with E-state index in [2.05, 4.69) is 10.3 Å². The Bertz CT molecular complexity index is 350. The van der Waals surface area contributed by atoms with Crippen molar-refractivity contribution in [2.24, 2.45) is 5.41 Å². The van der Waals surface area contributed by atoms with Gasteiger partial charge in [0.05, 0.1) is 17.6 Å². The maximum absolute atomic E-state index is 5.67. The van der Waals surface area contributed by atoms with Gasteiger partial charge in [0.25, 0.3) is 0 Å². The van der Waals surface area contributed by atoms with Crippen LogP contribution >= 0.6 is 0 Å². The molecule has 0 unspecified atom stereocenters. The molecule has 4 nitrogen and oxygen atoms in total. The number of nitrogen functional groups attached to an aromatic ring is 1. The number of rotatable bonds is 6. The Hall–Kier alpha value is -1.29. The molecule has 4 heteroatoms. The third-order valence-electron chi connectivity index (χ3n) is 3.22. The van der Waals surface area contributed by atoms with Crippen molar-refractivity contribution in [3.63, 3.8) is 0 Å². The number of methoxy groups -OCH3 is 1. The number of nitrogens with zero attached hydrogens (tertiary/aromatic N) is 1. The van der Waals surface area contributed by atoms with Gasteiger partial charge in [-0.05, 0) is 30.7 Å². The average molecular weight is 221 g/mol. The second-order valence-corrected chi connectivity index (χ2v) is 4.60. The number of nitrogens with two attached hydrogens (primary N) is 1. The van der Waals surface area contributed by atoms with E-state index in [4.69, 9.17) is 10.5 Å². The number of nitrogens with one attached hydrogen (secondary N) is 1. The molecule has 3 N–H and O–H groups in total. The van der Waals surface area contributed by atoms with E-state index in [0.717, 1.165) is 25.3 Å². The minimum absolute atomic E-state index is 0.445. The van der Waals surface area contributed by atoms with Crippen LogP contribution in [0.5, 0.6) is 0 Å². The maximum atomic E-state index is 5.67. The van der Waals surface area contributed by atoms with Crippen LogP contribution in [0.15, 0.2) is 18.5 Å². The highest BCUT2D eigenvalue weighted by molar-refractivity contribution is 5.51. The second kappa shape index (κ2) is 4.70. The fraction of sp³-hybridized carbons (Fsp3) is 0.583. The zero-order chi connectivity index (χ0) is 11.4. The van der Waals surface area contributed by atoms with E-state index in [-0.39, 0.29) is 0 Å². The largest absolute Gasteiger partial charge is 0.397 e. The Morgan fingerprint density at radius 3 is 2.94 bits per heavy atom. The zero-order valence-electron chi connectivity index (χ0n) is 9.70. The number of aromatic nitrogens is 1. The maximum Gasteiger partial charge on any atom is 0.0547 e. The summed E-state index contributed by atoms with van der Waals surface area (Å²) in [5.41, 5.74) is 7.82. The van der Waals surface area contributed by atoms with Crippen molar-refractivity contribution in [1.82, 2.24) is 4.98 Å². The lowest BCUT2D eigenvalue weighted by Gasteiger charge is -2.16. The van der Waals surface area contributed by atoms with Gasteiger partial charge in [-0.1, -0.05) is 0 Å². The average Bonchev–Trinajstić information content (AvgIpc) is 3.05. The van der Waals surface area contributed by atoms with Crippen LogP contribution in [0.2, 0.25) is 0 Å². The lowest BCUT2D eigenvalue weighted by Crippen LogP contribution is -2.17. The predicted molar refractivity (Wildman–Crippen MR) is 65.3 cm³/mol. The summed E-state index contributed by atoms with van der Waals surface area (Å²) >= 11 is 0. The monoisotopic (exact) mass is 221 g/mol. The van der Waals surface area contributed by atoms with E-state index < -0.39 is 0 Å². The van der Waals surface area contributed by atoms with Crippen LogP contribution in [0, 0.1) is 5.41 Å². The van der Waals surface area contributed by atoms with Crippen molar-refractivity contribution in [2.45, 2.75) is 19.3 Å². The molecule has 1 aromatic rings. The van der Waals surface area contributed by atoms with Gasteiger partial charge >= 0.3 is 0 Å². The summed E-state index contributed by atoms with van der Waals surface area (Å²) in [6.45, 7) is 1.83. The summed E-state index contributed by atoms with van der Waals surface area (Å²) < 4.78 is 5.13. The van der Waals surface area contributed by atoms with Gasteiger partial charge in [-0.3, -0.25) is 4.98 Å². The molecular weight excluding hydrogens is 202 g/mol. The summed E-state index contributed by atoms with van der Waals surface area (Å²) in [6, 6.07) is 1.92. The third-order valence-corrected chi connectivity index (χ3v) is 3.22. The van der Waals surface area contributed by atoms with Crippen molar-refractivity contribution < 1.29 is 4.74 Å². The van der Waals surface area contributed by atoms with Crippen molar-refractivity contribution in [3.8, 4) is 0 Å². The number of anilines is 2. The summed E-state index contributed by atoms with van der Waals surface area (Å²) in [7, 11) is 1.76. The normalized spacial score (nSPS) is 17.1. The first kappa shape index (κ1) is 11.2. The quantitative estimate of drug-likeness (QED) is 0.770. The molecule has 0 saturated heterocycles. The van der Waals surface area contributed by atoms with Crippen LogP contribution in [0.1, 0.15) is 19.3 Å². The van der Waals surface area contributed by atoms with E-state index in [0.29, 0.717) is 11.1 Å². The Kier molecular flexibility index (Phi) is 3.29. The van der Waals surface area contributed by atoms with Crippen LogP contribution in [-0.4, -0.2) is 25.2 Å². The molecule has 0 amide bonds. The summed E-state index contributed by atoms with van der Waals surface area (Å²) in [6.07, 6.45) is 7.18. The Labute approximate surface area is 96.2 Å². The molecular formula is C12H19N3O. The molecule has 0 bridgehead atoms. The number of hydrogen-bond donors (Lipinski definition) is 2. The molecule has 1 fully saturated rings. The van der Waals surface area contributed by atoms with Gasteiger partial charge < -0.3 is 15.8 Å². The molecule has 1 heterocycles. The highest BCUT2D eigenvalue weighted by Crippen LogP contribution is 2.48. The van der Waals surface area contributed by atoms with Gasteiger partial charge in [0.15, 0.2) is 0 Å². The van der Waals surface area contributed by atoms with E-state index in [1.165, 1.54) is 12.8 Å². The SMILES string of the molecule is COCCC1(CNc2cncc(N)c2)CC1. The first-order chi connectivity index (χ1) is 7.74. The molecule has 2 rings (SSSR count). The minimum Gasteiger partial charge on any atom is -0.397 e. The lowest BCUT2D eigenvalue weighted by molar-refractivity contribution is 0.175. The molecule has 1 saturated carbocycles. The Morgan fingerprint density at radius 2 is 2.31 bits per heavy atom. The van der Waals surface area contributed by atoms with Gasteiger partial charge in [-0.15, -0.1) is 0 Å². The molecule has 0 atom stereocenters. The van der Waals surface area contributed by atoms with E-state index in [1.807, 2.05) is 12.3 Å². The van der Waals surface area contributed by atoms with Crippen molar-refractivity contribution in [2.75, 3.05) is 31.3 Å². The van der Waals surface area contributed by atoms with Gasteiger partial charge in [0, 0.05) is 26.5 Å². The van der Waals surface area contributed by atoms with Crippen LogP contribution in [0.4, 0.5) is 11.4 Å². The molecule has 1 aromatic heterocycles. The molecule has 16 heavy (non-hydrogen) atoms. The van der Waals surface area contributed by atoms with Gasteiger partial charge in [-0.25, -0.2) is 0 Å². The fourth-order valence-electron chi connectivity index (χ4n) is 1.85. The van der Waals surface area contributed by atoms with Crippen molar-refractivity contribution in [3.05, 3.63) is 18.5 Å². The molecule has 88 valence electrons. The summed E-state index contributed by atoms with van der Waals surface area (Å²) in [4.78, 5) is 4.06. The molecule has 0 spiro atoms. The van der Waals surface area contributed by atoms with E-state index >= 15 is 0 Å². The molecule has 1 aliphatic carbocycles. The topological polar surface area (TPSA) is 60.2 Å². The first-order valence-electron chi connectivity index (χ1n) is 5.67. The second-order valence-electron chi connectivity index (χ2n) is 4.60. The van der Waals surface area contributed by atoms with Crippen LogP contribution in [-0.2, 0) is 4.74 Å². The standard InChI is InChI=1S/C12H19N3O/c1-16-5-4-12(2-3-12)9-15-11-6-10(13)7-14-8-11/h6-8,15H,2-5,9,13H2,1H3. The van der Waals surface area contributed by atoms with Gasteiger partial charge in [-0.2, -0.15) is 0 Å². The molecule has 0 radical (unpaired) electrons. The predicted octanol–water partition coefficient (Wildman–Crippen LogP) is 1.89. The van der Waals surface area contributed by atoms with E-state index in [9.17, 15) is 0 Å². The van der Waals surface area contributed by atoms with Gasteiger partial charge in [0.1, 0.15) is 0 Å². The summed E-state index contributed by atoms with van der Waals surface area (Å²) in [5.74, 6) is 0. The number of ether oxygens (including phenoxy) is 1. The molecule has 1 aliphatic rings. The summed E-state index contributed by atoms with van der Waals surface area (Å²) in [5, 5.41) is 3.40. The lowest BCUT2D eigenvalue weighted by atomic mass is 10.0. The van der Waals surface area contributed by atoms with Crippen molar-refractivity contribution >= 4 is 11.4 Å². The molecule has 0 aromatic carbocycles. The number of pyridine rings is 1. The smallest absolute Gasteiger partial charge is 0.0547 e. The van der Waals surface area contributed by atoms with Crippen LogP contribution in [0.25, 0.3) is 0 Å². The van der Waals surface area contributed by atoms with E-state index in [1.54, 1.807) is 13.3 Å². The van der Waals surface area contributed by atoms with Crippen LogP contribution in [0.3, 0.4) is 0 Å². The highest BCUT2D eigenvalue weighted by Gasteiger charge is 2.41. The Balaban J connectivity index is 1.83. The number of hydrogen-bond acceptors (Lipinski definition) is 4. The third kappa shape index (κ3) is 2.85. The Morgan fingerprint density at radius 1 is 1.50 bits per heavy atom. The fourth-order valence-corrected chi connectivity index (χ4v) is 1.85. The first-order valence-corrected chi connectivity index (χ1v) is 5.67. The van der Waals surface area contributed by atoms with Gasteiger partial charge in [0.2, 0.25) is 0 Å².